The van der Waals surface area contributed by atoms with Gasteiger partial charge in [-0.05, 0) is 5.41 Å². The molecule has 63 valence electrons. The van der Waals surface area contributed by atoms with Gasteiger partial charge in [0.15, 0.2) is 0 Å². The zero-order valence-corrected chi connectivity index (χ0v) is 8.85. The van der Waals surface area contributed by atoms with Crippen molar-refractivity contribution >= 4 is 0 Å². The second-order valence-electron chi connectivity index (χ2n) is 4.05. The van der Waals surface area contributed by atoms with E-state index in [1.54, 1.807) is 6.61 Å². The Morgan fingerprint density at radius 1 is 1.27 bits per heavy atom. The monoisotopic (exact) mass is 194 g/mol. The molecule has 1 rings (SSSR count). The van der Waals surface area contributed by atoms with E-state index in [4.69, 9.17) is 4.74 Å². The number of aliphatic hydroxyl groups is 1. The van der Waals surface area contributed by atoms with E-state index in [-0.39, 0.29) is 29.4 Å². The predicted octanol–water partition coefficient (Wildman–Crippen LogP) is 1.55. The van der Waals surface area contributed by atoms with E-state index in [2.05, 4.69) is 13.8 Å². The van der Waals surface area contributed by atoms with Gasteiger partial charge in [-0.2, -0.15) is 0 Å². The summed E-state index contributed by atoms with van der Waals surface area (Å²) in [6, 6.07) is 0. The van der Waals surface area contributed by atoms with Crippen LogP contribution in [0.2, 0.25) is 0 Å². The molecule has 1 radical (unpaired) electrons. The molecule has 0 saturated carbocycles. The molecule has 0 bridgehead atoms. The zero-order valence-electron chi connectivity index (χ0n) is 7.46. The number of aliphatic hydroxyl groups excluding tert-OH is 1. The van der Waals surface area contributed by atoms with Crippen LogP contribution in [0.4, 0.5) is 0 Å². The van der Waals surface area contributed by atoms with Gasteiger partial charge >= 0.3 is 18.6 Å². The summed E-state index contributed by atoms with van der Waals surface area (Å²) in [5, 5.41) is 9.34. The largest absolute Gasteiger partial charge is 2.00 e. The van der Waals surface area contributed by atoms with E-state index in [0.29, 0.717) is 0 Å². The Balaban J connectivity index is 0.000001000. The van der Waals surface area contributed by atoms with Crippen LogP contribution < -0.4 is 0 Å². The van der Waals surface area contributed by atoms with Gasteiger partial charge in [0.2, 0.25) is 0 Å². The van der Waals surface area contributed by atoms with Crippen LogP contribution in [0.1, 0.15) is 27.7 Å². The summed E-state index contributed by atoms with van der Waals surface area (Å²) in [7, 11) is 0. The van der Waals surface area contributed by atoms with E-state index in [1.165, 1.54) is 0 Å². The molecule has 1 N–H and O–H groups in total. The van der Waals surface area contributed by atoms with E-state index in [9.17, 15) is 5.11 Å². The van der Waals surface area contributed by atoms with Crippen LogP contribution in [0.25, 0.3) is 0 Å². The summed E-state index contributed by atoms with van der Waals surface area (Å²) in [5.41, 5.74) is -0.209. The predicted molar refractivity (Wildman–Crippen MR) is 39.0 cm³/mol. The van der Waals surface area contributed by atoms with Gasteiger partial charge in [-0.1, -0.05) is 27.7 Å². The van der Waals surface area contributed by atoms with Crippen LogP contribution in [0, 0.1) is 17.4 Å². The van der Waals surface area contributed by atoms with Gasteiger partial charge in [0, 0.05) is 0 Å². The Bertz CT molecular complexity index is 143. The van der Waals surface area contributed by atoms with Gasteiger partial charge in [0.1, 0.15) is 6.29 Å². The molecule has 3 heteroatoms. The summed E-state index contributed by atoms with van der Waals surface area (Å²) in [4.78, 5) is 0. The van der Waals surface area contributed by atoms with Crippen molar-refractivity contribution in [1.82, 2.24) is 0 Å². The van der Waals surface area contributed by atoms with Crippen molar-refractivity contribution in [2.24, 2.45) is 10.8 Å². The first kappa shape index (κ1) is 11.5. The molecule has 1 aliphatic heterocycles. The molecule has 0 aromatic heterocycles. The molecular weight excluding hydrogens is 179 g/mol. The van der Waals surface area contributed by atoms with E-state index >= 15 is 0 Å². The maximum Gasteiger partial charge on any atom is 2.00 e. The molecular formula is C8H15O2V+. The fraction of sp³-hybridized carbons (Fsp3) is 0.875. The Kier molecular flexibility index (Phi) is 3.24. The average molecular weight is 194 g/mol. The van der Waals surface area contributed by atoms with Gasteiger partial charge in [0.05, 0.1) is 0 Å². The first-order valence-corrected chi connectivity index (χ1v) is 3.56. The summed E-state index contributed by atoms with van der Waals surface area (Å²) in [6.45, 7) is 9.84. The number of hydrogen-bond donors (Lipinski definition) is 1. The summed E-state index contributed by atoms with van der Waals surface area (Å²) in [6.07, 6.45) is -0.650. The van der Waals surface area contributed by atoms with Crippen molar-refractivity contribution in [2.75, 3.05) is 0 Å². The molecule has 1 unspecified atom stereocenters. The molecule has 0 aliphatic carbocycles. The Hall–Kier alpha value is 0.504. The van der Waals surface area contributed by atoms with Crippen molar-refractivity contribution in [3.05, 3.63) is 6.61 Å². The van der Waals surface area contributed by atoms with Crippen LogP contribution in [0.15, 0.2) is 0 Å². The zero-order chi connectivity index (χ0) is 7.99. The Labute approximate surface area is 80.2 Å². The Morgan fingerprint density at radius 2 is 1.73 bits per heavy atom. The molecule has 0 amide bonds. The molecule has 11 heavy (non-hydrogen) atoms. The molecule has 0 spiro atoms. The third-order valence-corrected chi connectivity index (χ3v) is 2.77. The van der Waals surface area contributed by atoms with Crippen LogP contribution in [-0.4, -0.2) is 11.4 Å². The number of hydrogen-bond acceptors (Lipinski definition) is 2. The first-order chi connectivity index (χ1) is 4.38. The first-order valence-electron chi connectivity index (χ1n) is 3.56. The molecule has 2 nitrogen and oxygen atoms in total. The standard InChI is InChI=1S/C8H15O2.V/c1-7(2)5-10-6(9)8(7,3)4;/h5-6,9H,1-4H3;/q-1;+2. The summed E-state index contributed by atoms with van der Waals surface area (Å²) >= 11 is 0. The maximum atomic E-state index is 9.34. The van der Waals surface area contributed by atoms with Crippen LogP contribution in [-0.2, 0) is 23.3 Å². The van der Waals surface area contributed by atoms with Crippen LogP contribution in [0.3, 0.4) is 0 Å². The van der Waals surface area contributed by atoms with E-state index in [1.807, 2.05) is 13.8 Å². The normalized spacial score (nSPS) is 33.0. The Morgan fingerprint density at radius 3 is 1.82 bits per heavy atom. The third-order valence-electron chi connectivity index (χ3n) is 2.77. The van der Waals surface area contributed by atoms with Crippen molar-refractivity contribution < 1.29 is 28.4 Å². The minimum absolute atomic E-state index is 0. The second-order valence-corrected chi connectivity index (χ2v) is 4.05. The number of rotatable bonds is 0. The van der Waals surface area contributed by atoms with Gasteiger partial charge < -0.3 is 9.84 Å². The molecule has 1 fully saturated rings. The topological polar surface area (TPSA) is 29.5 Å². The average Bonchev–Trinajstić information content (AvgIpc) is 1.94. The van der Waals surface area contributed by atoms with Crippen LogP contribution in [0.5, 0.6) is 0 Å². The van der Waals surface area contributed by atoms with Crippen LogP contribution >= 0.6 is 0 Å². The second kappa shape index (κ2) is 3.10. The molecule has 0 aromatic carbocycles. The van der Waals surface area contributed by atoms with Crippen molar-refractivity contribution in [3.63, 3.8) is 0 Å². The van der Waals surface area contributed by atoms with Crippen molar-refractivity contribution in [1.29, 1.82) is 0 Å². The molecule has 0 aromatic rings. The van der Waals surface area contributed by atoms with Gasteiger partial charge in [-0.3, -0.25) is 0 Å². The number of ether oxygens (including phenoxy) is 1. The fourth-order valence-electron chi connectivity index (χ4n) is 0.875. The molecule has 1 atom stereocenters. The quantitative estimate of drug-likeness (QED) is 0.593. The van der Waals surface area contributed by atoms with Gasteiger partial charge in [-0.25, -0.2) is 6.61 Å². The molecule has 1 saturated heterocycles. The van der Waals surface area contributed by atoms with E-state index < -0.39 is 6.29 Å². The maximum absolute atomic E-state index is 9.34. The summed E-state index contributed by atoms with van der Waals surface area (Å²) < 4.78 is 5.01. The SMILES string of the molecule is CC1(C)[CH-]OC(O)C1(C)C.[V+2]. The van der Waals surface area contributed by atoms with Crippen molar-refractivity contribution in [2.45, 2.75) is 34.0 Å². The van der Waals surface area contributed by atoms with E-state index in [0.717, 1.165) is 0 Å². The molecule has 1 aliphatic rings. The minimum atomic E-state index is -0.650. The smallest absolute Gasteiger partial charge is 0.529 e. The summed E-state index contributed by atoms with van der Waals surface area (Å²) in [5.74, 6) is 0. The van der Waals surface area contributed by atoms with Crippen molar-refractivity contribution in [3.8, 4) is 0 Å². The van der Waals surface area contributed by atoms with Gasteiger partial charge in [-0.15, -0.1) is 5.41 Å². The molecule has 1 heterocycles. The fourth-order valence-corrected chi connectivity index (χ4v) is 0.875. The minimum Gasteiger partial charge on any atom is -0.529 e. The third kappa shape index (κ3) is 1.64. The van der Waals surface area contributed by atoms with Gasteiger partial charge in [0.25, 0.3) is 0 Å².